The number of benzene rings is 1. The van der Waals surface area contributed by atoms with Crippen LogP contribution in [0.2, 0.25) is 0 Å². The average Bonchev–Trinajstić information content (AvgIpc) is 2.86. The van der Waals surface area contributed by atoms with Gasteiger partial charge in [-0.05, 0) is 29.5 Å². The van der Waals surface area contributed by atoms with Crippen LogP contribution in [0.5, 0.6) is 6.01 Å². The maximum absolute atomic E-state index is 11.3. The Bertz CT molecular complexity index is 777. The number of thioether (sulfide) groups is 1. The molecule has 0 amide bonds. The summed E-state index contributed by atoms with van der Waals surface area (Å²) >= 11 is 1.79. The highest BCUT2D eigenvalue weighted by molar-refractivity contribution is 7.99. The zero-order valence-electron chi connectivity index (χ0n) is 14.0. The molecule has 5 heteroatoms. The molecule has 0 spiro atoms. The van der Waals surface area contributed by atoms with Gasteiger partial charge in [0.25, 0.3) is 11.6 Å². The molecule has 0 aliphatic carbocycles. The Kier molecular flexibility index (Phi) is 4.23. The molecule has 4 nitrogen and oxygen atoms in total. The molecule has 1 aromatic heterocycles. The smallest absolute Gasteiger partial charge is 0.300 e. The van der Waals surface area contributed by atoms with Crippen molar-refractivity contribution in [3.05, 3.63) is 51.9 Å². The first-order chi connectivity index (χ1) is 10.8. The minimum absolute atomic E-state index is 0.0518. The van der Waals surface area contributed by atoms with Gasteiger partial charge in [0, 0.05) is 22.9 Å². The first kappa shape index (κ1) is 16.1. The minimum Gasteiger partial charge on any atom is -0.458 e. The molecular formula is C18H22N2O2S. The number of aryl methyl sites for hydroxylation is 1. The Hall–Kier alpha value is -1.75. The summed E-state index contributed by atoms with van der Waals surface area (Å²) in [6.07, 6.45) is 1.80. The van der Waals surface area contributed by atoms with Gasteiger partial charge in [-0.3, -0.25) is 9.36 Å². The monoisotopic (exact) mass is 330 g/mol. The van der Waals surface area contributed by atoms with E-state index in [4.69, 9.17) is 4.74 Å². The summed E-state index contributed by atoms with van der Waals surface area (Å²) in [5.74, 6) is 0.841. The number of rotatable bonds is 3. The number of fused-ring (bicyclic) bond motifs is 1. The van der Waals surface area contributed by atoms with Gasteiger partial charge in [0.1, 0.15) is 6.10 Å². The van der Waals surface area contributed by atoms with Crippen LogP contribution in [-0.4, -0.2) is 21.4 Å². The van der Waals surface area contributed by atoms with E-state index in [0.717, 1.165) is 12.3 Å². The van der Waals surface area contributed by atoms with Gasteiger partial charge in [0.05, 0.1) is 6.54 Å². The van der Waals surface area contributed by atoms with Crippen molar-refractivity contribution >= 4 is 11.8 Å². The lowest BCUT2D eigenvalue weighted by Crippen LogP contribution is -2.17. The zero-order chi connectivity index (χ0) is 16.6. The van der Waals surface area contributed by atoms with Crippen molar-refractivity contribution in [1.82, 2.24) is 9.55 Å². The SMILES string of the molecule is Cc1cc(C(C)(C)C)ccc1SCC1Cn2ccc(=O)nc2O1. The fourth-order valence-electron chi connectivity index (χ4n) is 2.60. The van der Waals surface area contributed by atoms with E-state index < -0.39 is 0 Å². The molecule has 0 fully saturated rings. The van der Waals surface area contributed by atoms with Crippen LogP contribution in [0.3, 0.4) is 0 Å². The Morgan fingerprint density at radius 2 is 2.13 bits per heavy atom. The van der Waals surface area contributed by atoms with Crippen molar-refractivity contribution in [2.24, 2.45) is 0 Å². The largest absolute Gasteiger partial charge is 0.458 e. The minimum atomic E-state index is -0.252. The van der Waals surface area contributed by atoms with E-state index in [1.165, 1.54) is 22.1 Å². The van der Waals surface area contributed by atoms with Gasteiger partial charge in [-0.2, -0.15) is 4.98 Å². The lowest BCUT2D eigenvalue weighted by molar-refractivity contribution is 0.250. The molecule has 1 aliphatic heterocycles. The van der Waals surface area contributed by atoms with Crippen LogP contribution in [0, 0.1) is 6.92 Å². The maximum atomic E-state index is 11.3. The van der Waals surface area contributed by atoms with E-state index in [1.807, 2.05) is 4.57 Å². The van der Waals surface area contributed by atoms with Crippen molar-refractivity contribution in [1.29, 1.82) is 0 Å². The molecule has 1 unspecified atom stereocenters. The van der Waals surface area contributed by atoms with Crippen LogP contribution in [0.25, 0.3) is 0 Å². The first-order valence-electron chi connectivity index (χ1n) is 7.81. The molecule has 3 rings (SSSR count). The van der Waals surface area contributed by atoms with Crippen LogP contribution in [0.15, 0.2) is 40.2 Å². The Labute approximate surface area is 140 Å². The molecule has 23 heavy (non-hydrogen) atoms. The Balaban J connectivity index is 1.65. The van der Waals surface area contributed by atoms with Crippen LogP contribution in [-0.2, 0) is 12.0 Å². The van der Waals surface area contributed by atoms with Crippen molar-refractivity contribution in [3.8, 4) is 6.01 Å². The van der Waals surface area contributed by atoms with E-state index in [-0.39, 0.29) is 17.1 Å². The summed E-state index contributed by atoms with van der Waals surface area (Å²) in [6.45, 7) is 9.59. The van der Waals surface area contributed by atoms with Gasteiger partial charge in [-0.25, -0.2) is 0 Å². The van der Waals surface area contributed by atoms with Gasteiger partial charge in [0.15, 0.2) is 0 Å². The van der Waals surface area contributed by atoms with Crippen molar-refractivity contribution in [3.63, 3.8) is 0 Å². The van der Waals surface area contributed by atoms with Crippen LogP contribution < -0.4 is 10.3 Å². The summed E-state index contributed by atoms with van der Waals surface area (Å²) in [6, 6.07) is 8.58. The molecule has 2 heterocycles. The van der Waals surface area contributed by atoms with Gasteiger partial charge in [-0.1, -0.05) is 32.9 Å². The standard InChI is InChI=1S/C18H22N2O2S/c1-12-9-13(18(2,3)4)5-6-15(12)23-11-14-10-20-8-7-16(21)19-17(20)22-14/h5-9,14H,10-11H2,1-4H3. The van der Waals surface area contributed by atoms with Gasteiger partial charge < -0.3 is 4.74 Å². The molecule has 2 aromatic rings. The van der Waals surface area contributed by atoms with Crippen molar-refractivity contribution in [2.75, 3.05) is 5.75 Å². The highest BCUT2D eigenvalue weighted by Gasteiger charge is 2.23. The molecule has 1 aliphatic rings. The van der Waals surface area contributed by atoms with E-state index in [9.17, 15) is 4.79 Å². The Morgan fingerprint density at radius 3 is 2.83 bits per heavy atom. The fourth-order valence-corrected chi connectivity index (χ4v) is 3.59. The molecule has 0 saturated heterocycles. The normalized spacial score (nSPS) is 17.0. The van der Waals surface area contributed by atoms with Crippen LogP contribution >= 0.6 is 11.8 Å². The molecule has 0 N–H and O–H groups in total. The molecular weight excluding hydrogens is 308 g/mol. The summed E-state index contributed by atoms with van der Waals surface area (Å²) in [5.41, 5.74) is 2.57. The zero-order valence-corrected chi connectivity index (χ0v) is 14.8. The van der Waals surface area contributed by atoms with Crippen LogP contribution in [0.1, 0.15) is 31.9 Å². The third-order valence-electron chi connectivity index (χ3n) is 3.99. The highest BCUT2D eigenvalue weighted by atomic mass is 32.2. The average molecular weight is 330 g/mol. The molecule has 0 bridgehead atoms. The number of hydrogen-bond donors (Lipinski definition) is 0. The van der Waals surface area contributed by atoms with Crippen LogP contribution in [0.4, 0.5) is 0 Å². The second kappa shape index (κ2) is 6.04. The topological polar surface area (TPSA) is 44.1 Å². The maximum Gasteiger partial charge on any atom is 0.300 e. The number of ether oxygens (including phenoxy) is 1. The van der Waals surface area contributed by atoms with E-state index in [2.05, 4.69) is 50.9 Å². The summed E-state index contributed by atoms with van der Waals surface area (Å²) in [7, 11) is 0. The fraction of sp³-hybridized carbons (Fsp3) is 0.444. The molecule has 0 saturated carbocycles. The highest BCUT2D eigenvalue weighted by Crippen LogP contribution is 2.30. The summed E-state index contributed by atoms with van der Waals surface area (Å²) in [4.78, 5) is 16.4. The molecule has 1 atom stereocenters. The number of aromatic nitrogens is 2. The number of nitrogens with zero attached hydrogens (tertiary/aromatic N) is 2. The van der Waals surface area contributed by atoms with Crippen molar-refractivity contribution in [2.45, 2.75) is 50.7 Å². The third-order valence-corrected chi connectivity index (χ3v) is 5.29. The molecule has 122 valence electrons. The predicted molar refractivity (Wildman–Crippen MR) is 93.5 cm³/mol. The van der Waals surface area contributed by atoms with Gasteiger partial charge in [0.2, 0.25) is 0 Å². The second-order valence-corrected chi connectivity index (χ2v) is 8.04. The lowest BCUT2D eigenvalue weighted by atomic mass is 9.86. The quantitative estimate of drug-likeness (QED) is 0.809. The predicted octanol–water partition coefficient (Wildman–Crippen LogP) is 3.40. The van der Waals surface area contributed by atoms with Crippen molar-refractivity contribution < 1.29 is 4.74 Å². The second-order valence-electron chi connectivity index (χ2n) is 6.98. The van der Waals surface area contributed by atoms with E-state index in [0.29, 0.717) is 6.01 Å². The van der Waals surface area contributed by atoms with Gasteiger partial charge in [-0.15, -0.1) is 11.8 Å². The summed E-state index contributed by atoms with van der Waals surface area (Å²) < 4.78 is 7.65. The lowest BCUT2D eigenvalue weighted by Gasteiger charge is -2.20. The molecule has 1 aromatic carbocycles. The summed E-state index contributed by atoms with van der Waals surface area (Å²) in [5, 5.41) is 0. The Morgan fingerprint density at radius 1 is 1.35 bits per heavy atom. The number of hydrogen-bond acceptors (Lipinski definition) is 4. The van der Waals surface area contributed by atoms with Gasteiger partial charge >= 0.3 is 0 Å². The molecule has 0 radical (unpaired) electrons. The first-order valence-corrected chi connectivity index (χ1v) is 8.79. The third kappa shape index (κ3) is 3.61. The van der Waals surface area contributed by atoms with E-state index >= 15 is 0 Å². The van der Waals surface area contributed by atoms with E-state index in [1.54, 1.807) is 18.0 Å².